The molecule has 0 saturated heterocycles. The highest BCUT2D eigenvalue weighted by atomic mass is 35.5. The third-order valence-electron chi connectivity index (χ3n) is 3.58. The van der Waals surface area contributed by atoms with Crippen LogP contribution in [-0.2, 0) is 11.2 Å². The zero-order chi connectivity index (χ0) is 17.2. The van der Waals surface area contributed by atoms with Gasteiger partial charge in [-0.1, -0.05) is 30.3 Å². The smallest absolute Gasteiger partial charge is 0.338 e. The highest BCUT2D eigenvalue weighted by Crippen LogP contribution is 2.13. The van der Waals surface area contributed by atoms with Gasteiger partial charge in [-0.15, -0.1) is 12.4 Å². The van der Waals surface area contributed by atoms with Crippen LogP contribution >= 0.6 is 12.4 Å². The molecule has 0 aliphatic rings. The molecule has 0 unspecified atom stereocenters. The van der Waals surface area contributed by atoms with E-state index >= 15 is 0 Å². The van der Waals surface area contributed by atoms with Crippen molar-refractivity contribution in [1.82, 2.24) is 4.90 Å². The van der Waals surface area contributed by atoms with Gasteiger partial charge in [0.15, 0.2) is 0 Å². The first-order valence-corrected chi connectivity index (χ1v) is 8.24. The lowest BCUT2D eigenvalue weighted by Crippen LogP contribution is -2.16. The Morgan fingerprint density at radius 2 is 1.64 bits per heavy atom. The quantitative estimate of drug-likeness (QED) is 0.501. The van der Waals surface area contributed by atoms with Crippen LogP contribution in [0, 0.1) is 0 Å². The van der Waals surface area contributed by atoms with E-state index in [9.17, 15) is 4.79 Å². The second-order valence-electron chi connectivity index (χ2n) is 5.90. The summed E-state index contributed by atoms with van der Waals surface area (Å²) in [6.45, 7) is 1.95. The molecule has 25 heavy (non-hydrogen) atoms. The van der Waals surface area contributed by atoms with Gasteiger partial charge in [0.1, 0.15) is 5.75 Å². The summed E-state index contributed by atoms with van der Waals surface area (Å²) in [6.07, 6.45) is 1.69. The summed E-state index contributed by atoms with van der Waals surface area (Å²) < 4.78 is 11.0. The van der Waals surface area contributed by atoms with Gasteiger partial charge in [-0.05, 0) is 50.3 Å². The van der Waals surface area contributed by atoms with Crippen LogP contribution in [0.25, 0.3) is 0 Å². The lowest BCUT2D eigenvalue weighted by Gasteiger charge is -2.10. The molecule has 0 atom stereocenters. The van der Waals surface area contributed by atoms with Crippen molar-refractivity contribution in [1.29, 1.82) is 0 Å². The maximum atomic E-state index is 11.9. The number of benzene rings is 2. The first-order valence-electron chi connectivity index (χ1n) is 8.24. The summed E-state index contributed by atoms with van der Waals surface area (Å²) in [6, 6.07) is 17.3. The second-order valence-corrected chi connectivity index (χ2v) is 5.90. The Morgan fingerprint density at radius 1 is 0.960 bits per heavy atom. The summed E-state index contributed by atoms with van der Waals surface area (Å²) in [7, 11) is 4.00. The van der Waals surface area contributed by atoms with Crippen molar-refractivity contribution < 1.29 is 14.3 Å². The van der Waals surface area contributed by atoms with Crippen molar-refractivity contribution in [2.24, 2.45) is 0 Å². The zero-order valence-corrected chi connectivity index (χ0v) is 15.6. The van der Waals surface area contributed by atoms with Gasteiger partial charge in [0.2, 0.25) is 0 Å². The molecule has 0 fully saturated rings. The van der Waals surface area contributed by atoms with Crippen molar-refractivity contribution in [3.8, 4) is 5.75 Å². The molecule has 0 heterocycles. The molecule has 0 N–H and O–H groups in total. The van der Waals surface area contributed by atoms with Crippen LogP contribution in [0.2, 0.25) is 0 Å². The fraction of sp³-hybridized carbons (Fsp3) is 0.350. The molecular weight excluding hydrogens is 338 g/mol. The molecule has 4 nitrogen and oxygen atoms in total. The Labute approximate surface area is 156 Å². The molecule has 136 valence electrons. The first-order chi connectivity index (χ1) is 11.6. The minimum Gasteiger partial charge on any atom is -0.493 e. The van der Waals surface area contributed by atoms with Gasteiger partial charge in [-0.3, -0.25) is 0 Å². The topological polar surface area (TPSA) is 38.8 Å². The highest BCUT2D eigenvalue weighted by molar-refractivity contribution is 5.89. The Morgan fingerprint density at radius 3 is 2.28 bits per heavy atom. The van der Waals surface area contributed by atoms with E-state index in [1.807, 2.05) is 32.3 Å². The molecule has 0 saturated carbocycles. The maximum Gasteiger partial charge on any atom is 0.338 e. The van der Waals surface area contributed by atoms with Crippen LogP contribution in [0.1, 0.15) is 22.3 Å². The van der Waals surface area contributed by atoms with E-state index in [0.29, 0.717) is 18.8 Å². The standard InChI is InChI=1S/C20H25NO3.ClH/c1-21(2)14-6-15-24-20(22)18-9-11-19(12-10-18)23-16-13-17-7-4-3-5-8-17;/h3-5,7-12H,6,13-16H2,1-2H3;1H. The minimum absolute atomic E-state index is 0. The van der Waals surface area contributed by atoms with E-state index in [0.717, 1.165) is 25.1 Å². The fourth-order valence-corrected chi connectivity index (χ4v) is 2.25. The van der Waals surface area contributed by atoms with Gasteiger partial charge in [0.25, 0.3) is 0 Å². The summed E-state index contributed by atoms with van der Waals surface area (Å²) in [5, 5.41) is 0. The van der Waals surface area contributed by atoms with Crippen LogP contribution in [-0.4, -0.2) is 44.7 Å². The molecule has 2 rings (SSSR count). The lowest BCUT2D eigenvalue weighted by molar-refractivity contribution is 0.0493. The van der Waals surface area contributed by atoms with Gasteiger partial charge in [-0.2, -0.15) is 0 Å². The largest absolute Gasteiger partial charge is 0.493 e. The molecule has 0 amide bonds. The molecule has 2 aromatic carbocycles. The van der Waals surface area contributed by atoms with Gasteiger partial charge in [0, 0.05) is 13.0 Å². The number of ether oxygens (including phenoxy) is 2. The number of esters is 1. The highest BCUT2D eigenvalue weighted by Gasteiger charge is 2.07. The first kappa shape index (κ1) is 21.0. The van der Waals surface area contributed by atoms with Gasteiger partial charge in [-0.25, -0.2) is 4.79 Å². The number of hydrogen-bond donors (Lipinski definition) is 0. The Hall–Kier alpha value is -2.04. The van der Waals surface area contributed by atoms with Crippen LogP contribution < -0.4 is 4.74 Å². The summed E-state index contributed by atoms with van der Waals surface area (Å²) in [5.74, 6) is 0.472. The second kappa shape index (κ2) is 11.5. The predicted octanol–water partition coefficient (Wildman–Crippen LogP) is 3.84. The average Bonchev–Trinajstić information content (AvgIpc) is 2.60. The van der Waals surface area contributed by atoms with Crippen molar-refractivity contribution in [2.75, 3.05) is 33.9 Å². The Kier molecular flexibility index (Phi) is 9.66. The molecule has 0 aliphatic carbocycles. The van der Waals surface area contributed by atoms with E-state index in [1.54, 1.807) is 24.3 Å². The van der Waals surface area contributed by atoms with Gasteiger partial charge >= 0.3 is 5.97 Å². The van der Waals surface area contributed by atoms with Crippen molar-refractivity contribution in [3.05, 3.63) is 65.7 Å². The molecular formula is C20H26ClNO3. The van der Waals surface area contributed by atoms with Crippen LogP contribution in [0.5, 0.6) is 5.75 Å². The lowest BCUT2D eigenvalue weighted by atomic mass is 10.2. The van der Waals surface area contributed by atoms with Crippen LogP contribution in [0.4, 0.5) is 0 Å². The number of carbonyl (C=O) groups is 1. The average molecular weight is 364 g/mol. The summed E-state index contributed by atoms with van der Waals surface area (Å²) >= 11 is 0. The van der Waals surface area contributed by atoms with Gasteiger partial charge in [0.05, 0.1) is 18.8 Å². The number of halogens is 1. The number of hydrogen-bond acceptors (Lipinski definition) is 4. The number of carbonyl (C=O) groups excluding carboxylic acids is 1. The van der Waals surface area contributed by atoms with E-state index < -0.39 is 0 Å². The molecule has 0 aliphatic heterocycles. The summed E-state index contributed by atoms with van der Waals surface area (Å²) in [5.41, 5.74) is 1.80. The third kappa shape index (κ3) is 8.05. The van der Waals surface area contributed by atoms with E-state index in [-0.39, 0.29) is 18.4 Å². The minimum atomic E-state index is -0.287. The van der Waals surface area contributed by atoms with Crippen LogP contribution in [0.3, 0.4) is 0 Å². The molecule has 0 bridgehead atoms. The fourth-order valence-electron chi connectivity index (χ4n) is 2.25. The SMILES string of the molecule is CN(C)CCCOC(=O)c1ccc(OCCc2ccccc2)cc1.Cl. The molecule has 0 aromatic heterocycles. The Bertz CT molecular complexity index is 615. The van der Waals surface area contributed by atoms with Crippen LogP contribution in [0.15, 0.2) is 54.6 Å². The zero-order valence-electron chi connectivity index (χ0n) is 14.8. The third-order valence-corrected chi connectivity index (χ3v) is 3.58. The van der Waals surface area contributed by atoms with E-state index in [2.05, 4.69) is 17.0 Å². The van der Waals surface area contributed by atoms with Gasteiger partial charge < -0.3 is 14.4 Å². The Balaban J connectivity index is 0.00000312. The maximum absolute atomic E-state index is 11.9. The number of nitrogens with zero attached hydrogens (tertiary/aromatic N) is 1. The molecule has 0 radical (unpaired) electrons. The molecule has 2 aromatic rings. The summed E-state index contributed by atoms with van der Waals surface area (Å²) in [4.78, 5) is 14.0. The van der Waals surface area contributed by atoms with Crippen molar-refractivity contribution in [3.63, 3.8) is 0 Å². The van der Waals surface area contributed by atoms with E-state index in [4.69, 9.17) is 9.47 Å². The van der Waals surface area contributed by atoms with E-state index in [1.165, 1.54) is 5.56 Å². The van der Waals surface area contributed by atoms with Crippen molar-refractivity contribution in [2.45, 2.75) is 12.8 Å². The van der Waals surface area contributed by atoms with Crippen molar-refractivity contribution >= 4 is 18.4 Å². The normalized spacial score (nSPS) is 10.2. The number of rotatable bonds is 9. The predicted molar refractivity (Wildman–Crippen MR) is 103 cm³/mol. The molecule has 5 heteroatoms. The molecule has 0 spiro atoms. The monoisotopic (exact) mass is 363 g/mol.